The number of nitrogens with one attached hydrogen (secondary N) is 1. The monoisotopic (exact) mass is 237 g/mol. The summed E-state index contributed by atoms with van der Waals surface area (Å²) in [5.41, 5.74) is 6.22. The van der Waals surface area contributed by atoms with E-state index in [0.717, 1.165) is 18.5 Å². The molecule has 0 unspecified atom stereocenters. The highest BCUT2D eigenvalue weighted by Crippen LogP contribution is 2.08. The molecule has 0 spiro atoms. The normalized spacial score (nSPS) is 10.0. The first kappa shape index (κ1) is 13.4. The van der Waals surface area contributed by atoms with E-state index in [1.807, 2.05) is 0 Å². The zero-order valence-electron chi connectivity index (χ0n) is 10.1. The summed E-state index contributed by atoms with van der Waals surface area (Å²) in [4.78, 5) is 15.4. The van der Waals surface area contributed by atoms with Crippen LogP contribution in [0.1, 0.15) is 25.5 Å². The van der Waals surface area contributed by atoms with Gasteiger partial charge in [0.25, 0.3) is 5.91 Å². The van der Waals surface area contributed by atoms with Crippen molar-refractivity contribution in [2.75, 3.05) is 13.2 Å². The summed E-state index contributed by atoms with van der Waals surface area (Å²) < 4.78 is 5.28. The van der Waals surface area contributed by atoms with Gasteiger partial charge in [-0.1, -0.05) is 13.3 Å². The number of hydrogen-bond acceptors (Lipinski definition) is 4. The Labute approximate surface area is 101 Å². The van der Waals surface area contributed by atoms with E-state index < -0.39 is 0 Å². The summed E-state index contributed by atoms with van der Waals surface area (Å²) in [7, 11) is 0. The fourth-order valence-electron chi connectivity index (χ4n) is 1.22. The van der Waals surface area contributed by atoms with Crippen LogP contribution in [-0.4, -0.2) is 24.0 Å². The Morgan fingerprint density at radius 2 is 2.35 bits per heavy atom. The number of carbonyl (C=O) groups is 1. The highest BCUT2D eigenvalue weighted by atomic mass is 16.5. The summed E-state index contributed by atoms with van der Waals surface area (Å²) in [5, 5.41) is 2.77. The van der Waals surface area contributed by atoms with Crippen LogP contribution < -0.4 is 15.8 Å². The molecular weight excluding hydrogens is 218 g/mol. The van der Waals surface area contributed by atoms with Gasteiger partial charge in [-0.25, -0.2) is 0 Å². The molecule has 1 heterocycles. The van der Waals surface area contributed by atoms with E-state index in [1.165, 1.54) is 0 Å². The van der Waals surface area contributed by atoms with Crippen molar-refractivity contribution in [1.29, 1.82) is 0 Å². The second kappa shape index (κ2) is 7.62. The highest BCUT2D eigenvalue weighted by Gasteiger charge is 2.02. The number of nitrogens with two attached hydrogens (primary N) is 1. The highest BCUT2D eigenvalue weighted by molar-refractivity contribution is 5.77. The van der Waals surface area contributed by atoms with Crippen molar-refractivity contribution < 1.29 is 9.53 Å². The number of nitrogens with zero attached hydrogens (tertiary/aromatic N) is 1. The average Bonchev–Trinajstić information content (AvgIpc) is 2.37. The minimum Gasteiger partial charge on any atom is -0.482 e. The molecule has 1 rings (SSSR count). The molecule has 3 N–H and O–H groups in total. The lowest BCUT2D eigenvalue weighted by molar-refractivity contribution is -0.123. The Balaban J connectivity index is 2.27. The number of rotatable bonds is 7. The fraction of sp³-hybridized carbons (Fsp3) is 0.500. The molecule has 0 fully saturated rings. The van der Waals surface area contributed by atoms with Gasteiger partial charge in [-0.05, 0) is 18.6 Å². The van der Waals surface area contributed by atoms with Crippen LogP contribution in [0.2, 0.25) is 0 Å². The fourth-order valence-corrected chi connectivity index (χ4v) is 1.22. The Morgan fingerprint density at radius 1 is 1.53 bits per heavy atom. The average molecular weight is 237 g/mol. The zero-order valence-corrected chi connectivity index (χ0v) is 10.1. The van der Waals surface area contributed by atoms with Gasteiger partial charge < -0.3 is 15.8 Å². The number of aromatic nitrogens is 1. The second-order valence-corrected chi connectivity index (χ2v) is 3.68. The molecular formula is C12H19N3O2. The van der Waals surface area contributed by atoms with Gasteiger partial charge in [0, 0.05) is 13.1 Å². The molecule has 5 nitrogen and oxygen atoms in total. The van der Waals surface area contributed by atoms with Crippen LogP contribution >= 0.6 is 0 Å². The van der Waals surface area contributed by atoms with Crippen molar-refractivity contribution in [1.82, 2.24) is 10.3 Å². The minimum absolute atomic E-state index is 0.0212. The summed E-state index contributed by atoms with van der Waals surface area (Å²) in [6, 6.07) is 3.54. The molecule has 1 aromatic heterocycles. The molecule has 0 saturated carbocycles. The van der Waals surface area contributed by atoms with Crippen LogP contribution in [0.4, 0.5) is 0 Å². The number of amides is 1. The summed E-state index contributed by atoms with van der Waals surface area (Å²) in [6.45, 7) is 3.20. The van der Waals surface area contributed by atoms with Gasteiger partial charge in [0.2, 0.25) is 0 Å². The molecule has 0 bridgehead atoms. The smallest absolute Gasteiger partial charge is 0.257 e. The Kier molecular flexibility index (Phi) is 6.03. The lowest BCUT2D eigenvalue weighted by Gasteiger charge is -2.07. The first-order valence-electron chi connectivity index (χ1n) is 5.80. The standard InChI is InChI=1S/C12H19N3O2/c1-2-3-6-14-12(16)9-17-11-5-4-10(7-13)15-8-11/h4-5,8H,2-3,6-7,9,13H2,1H3,(H,14,16). The van der Waals surface area contributed by atoms with Crippen LogP contribution in [-0.2, 0) is 11.3 Å². The molecule has 1 amide bonds. The number of pyridine rings is 1. The Hall–Kier alpha value is -1.62. The van der Waals surface area contributed by atoms with Gasteiger partial charge in [0.05, 0.1) is 11.9 Å². The maximum Gasteiger partial charge on any atom is 0.257 e. The van der Waals surface area contributed by atoms with E-state index in [0.29, 0.717) is 18.8 Å². The molecule has 5 heteroatoms. The molecule has 0 radical (unpaired) electrons. The molecule has 0 aliphatic heterocycles. The van der Waals surface area contributed by atoms with E-state index in [1.54, 1.807) is 18.3 Å². The summed E-state index contributed by atoms with van der Waals surface area (Å²) in [6.07, 6.45) is 3.62. The van der Waals surface area contributed by atoms with Crippen LogP contribution in [0, 0.1) is 0 Å². The second-order valence-electron chi connectivity index (χ2n) is 3.68. The van der Waals surface area contributed by atoms with Crippen LogP contribution in [0.5, 0.6) is 5.75 Å². The maximum absolute atomic E-state index is 11.3. The number of carbonyl (C=O) groups excluding carboxylic acids is 1. The molecule has 0 aromatic carbocycles. The molecule has 0 atom stereocenters. The first-order valence-corrected chi connectivity index (χ1v) is 5.80. The molecule has 0 aliphatic rings. The molecule has 0 aliphatic carbocycles. The predicted molar refractivity (Wildman–Crippen MR) is 65.5 cm³/mol. The largest absolute Gasteiger partial charge is 0.482 e. The van der Waals surface area contributed by atoms with E-state index in [4.69, 9.17) is 10.5 Å². The maximum atomic E-state index is 11.3. The first-order chi connectivity index (χ1) is 8.26. The third-order valence-corrected chi connectivity index (χ3v) is 2.23. The van der Waals surface area contributed by atoms with Crippen molar-refractivity contribution in [3.05, 3.63) is 24.0 Å². The lowest BCUT2D eigenvalue weighted by atomic mass is 10.3. The van der Waals surface area contributed by atoms with Gasteiger partial charge in [-0.15, -0.1) is 0 Å². The van der Waals surface area contributed by atoms with Crippen molar-refractivity contribution >= 4 is 5.91 Å². The predicted octanol–water partition coefficient (Wildman–Crippen LogP) is 0.835. The molecule has 1 aromatic rings. The van der Waals surface area contributed by atoms with Gasteiger partial charge in [0.15, 0.2) is 6.61 Å². The van der Waals surface area contributed by atoms with Crippen LogP contribution in [0.15, 0.2) is 18.3 Å². The van der Waals surface area contributed by atoms with E-state index in [-0.39, 0.29) is 12.5 Å². The SMILES string of the molecule is CCCCNC(=O)COc1ccc(CN)nc1. The van der Waals surface area contributed by atoms with Crippen molar-refractivity contribution in [3.63, 3.8) is 0 Å². The van der Waals surface area contributed by atoms with Gasteiger partial charge in [-0.2, -0.15) is 0 Å². The van der Waals surface area contributed by atoms with Crippen molar-refractivity contribution in [2.45, 2.75) is 26.3 Å². The third kappa shape index (κ3) is 5.31. The van der Waals surface area contributed by atoms with Crippen LogP contribution in [0.25, 0.3) is 0 Å². The zero-order chi connectivity index (χ0) is 12.5. The quantitative estimate of drug-likeness (QED) is 0.689. The lowest BCUT2D eigenvalue weighted by Crippen LogP contribution is -2.29. The topological polar surface area (TPSA) is 77.2 Å². The molecule has 0 saturated heterocycles. The third-order valence-electron chi connectivity index (χ3n) is 2.23. The van der Waals surface area contributed by atoms with Crippen molar-refractivity contribution in [3.8, 4) is 5.75 Å². The molecule has 94 valence electrons. The van der Waals surface area contributed by atoms with Crippen molar-refractivity contribution in [2.24, 2.45) is 5.73 Å². The summed E-state index contributed by atoms with van der Waals surface area (Å²) in [5.74, 6) is 0.467. The minimum atomic E-state index is -0.110. The van der Waals surface area contributed by atoms with Gasteiger partial charge in [0.1, 0.15) is 5.75 Å². The van der Waals surface area contributed by atoms with Gasteiger partial charge in [-0.3, -0.25) is 9.78 Å². The summed E-state index contributed by atoms with van der Waals surface area (Å²) >= 11 is 0. The number of hydrogen-bond donors (Lipinski definition) is 2. The van der Waals surface area contributed by atoms with Gasteiger partial charge >= 0.3 is 0 Å². The number of ether oxygens (including phenoxy) is 1. The Bertz CT molecular complexity index is 338. The Morgan fingerprint density at radius 3 is 2.94 bits per heavy atom. The van der Waals surface area contributed by atoms with E-state index >= 15 is 0 Å². The van der Waals surface area contributed by atoms with Crippen LogP contribution in [0.3, 0.4) is 0 Å². The van der Waals surface area contributed by atoms with E-state index in [2.05, 4.69) is 17.2 Å². The molecule has 17 heavy (non-hydrogen) atoms. The number of unbranched alkanes of at least 4 members (excludes halogenated alkanes) is 1. The van der Waals surface area contributed by atoms with E-state index in [9.17, 15) is 4.79 Å².